The quantitative estimate of drug-likeness (QED) is 0.643. The molecule has 0 saturated carbocycles. The molecule has 1 aliphatic rings. The molecule has 2 rings (SSSR count). The predicted molar refractivity (Wildman–Crippen MR) is 42.2 cm³/mol. The molecule has 1 aliphatic heterocycles. The van der Waals surface area contributed by atoms with Crippen LogP contribution < -0.4 is 5.73 Å². The van der Waals surface area contributed by atoms with Crippen molar-refractivity contribution in [3.05, 3.63) is 12.2 Å². The van der Waals surface area contributed by atoms with Gasteiger partial charge in [-0.05, 0) is 13.0 Å². The fourth-order valence-corrected chi connectivity index (χ4v) is 1.53. The minimum Gasteiger partial charge on any atom is -0.370 e. The van der Waals surface area contributed by atoms with Crippen LogP contribution in [0, 0.1) is 5.92 Å². The molecule has 12 heavy (non-hydrogen) atoms. The summed E-state index contributed by atoms with van der Waals surface area (Å²) in [5, 5.41) is 6.58. The number of H-pyrrole nitrogens is 1. The van der Waals surface area contributed by atoms with E-state index in [1.165, 1.54) is 6.33 Å². The van der Waals surface area contributed by atoms with Gasteiger partial charge in [-0.2, -0.15) is 5.10 Å². The van der Waals surface area contributed by atoms with Crippen molar-refractivity contribution in [3.63, 3.8) is 0 Å². The molecule has 2 heterocycles. The third kappa shape index (κ3) is 1.21. The number of aromatic nitrogens is 3. The van der Waals surface area contributed by atoms with Crippen molar-refractivity contribution in [1.29, 1.82) is 0 Å². The monoisotopic (exact) mass is 168 g/mol. The van der Waals surface area contributed by atoms with Crippen LogP contribution in [-0.2, 0) is 4.74 Å². The zero-order valence-electron chi connectivity index (χ0n) is 6.73. The number of nitrogens with one attached hydrogen (secondary N) is 1. The first-order valence-electron chi connectivity index (χ1n) is 4.08. The second-order valence-electron chi connectivity index (χ2n) is 2.95. The van der Waals surface area contributed by atoms with E-state index in [0.29, 0.717) is 12.5 Å². The number of aromatic amines is 1. The van der Waals surface area contributed by atoms with Crippen LogP contribution in [0.25, 0.3) is 0 Å². The van der Waals surface area contributed by atoms with Crippen LogP contribution in [0.1, 0.15) is 18.3 Å². The number of nitrogens with zero attached hydrogens (tertiary/aromatic N) is 2. The molecule has 0 bridgehead atoms. The highest BCUT2D eigenvalue weighted by Gasteiger charge is 2.30. The largest absolute Gasteiger partial charge is 0.370 e. The molecular weight excluding hydrogens is 156 g/mol. The number of hydrogen-bond donors (Lipinski definition) is 2. The second kappa shape index (κ2) is 3.20. The number of nitrogens with two attached hydrogens (primary N) is 1. The number of hydrogen-bond acceptors (Lipinski definition) is 4. The Morgan fingerprint density at radius 1 is 1.75 bits per heavy atom. The molecule has 2 atom stereocenters. The highest BCUT2D eigenvalue weighted by atomic mass is 16.5. The first kappa shape index (κ1) is 7.70. The van der Waals surface area contributed by atoms with Crippen LogP contribution in [0.4, 0.5) is 0 Å². The van der Waals surface area contributed by atoms with E-state index in [1.807, 2.05) is 0 Å². The summed E-state index contributed by atoms with van der Waals surface area (Å²) in [6.07, 6.45) is 2.53. The van der Waals surface area contributed by atoms with Gasteiger partial charge in [0.1, 0.15) is 12.4 Å². The Bertz CT molecular complexity index is 236. The second-order valence-corrected chi connectivity index (χ2v) is 2.95. The van der Waals surface area contributed by atoms with Crippen LogP contribution >= 0.6 is 0 Å². The minimum atomic E-state index is 0.0255. The minimum absolute atomic E-state index is 0.0255. The molecule has 3 N–H and O–H groups in total. The molecule has 0 aromatic carbocycles. The fraction of sp³-hybridized carbons (Fsp3) is 0.714. The van der Waals surface area contributed by atoms with Crippen molar-refractivity contribution >= 4 is 0 Å². The smallest absolute Gasteiger partial charge is 0.153 e. The number of ether oxygens (including phenoxy) is 1. The number of rotatable bonds is 2. The third-order valence-electron chi connectivity index (χ3n) is 2.22. The Labute approximate surface area is 70.3 Å². The summed E-state index contributed by atoms with van der Waals surface area (Å²) >= 11 is 0. The van der Waals surface area contributed by atoms with Gasteiger partial charge in [-0.25, -0.2) is 4.98 Å². The van der Waals surface area contributed by atoms with Crippen LogP contribution in [0.3, 0.4) is 0 Å². The highest BCUT2D eigenvalue weighted by molar-refractivity contribution is 4.94. The molecule has 0 aliphatic carbocycles. The van der Waals surface area contributed by atoms with Gasteiger partial charge in [0.15, 0.2) is 5.82 Å². The summed E-state index contributed by atoms with van der Waals surface area (Å²) in [7, 11) is 0. The van der Waals surface area contributed by atoms with Gasteiger partial charge in [-0.1, -0.05) is 0 Å². The van der Waals surface area contributed by atoms with E-state index >= 15 is 0 Å². The van der Waals surface area contributed by atoms with Gasteiger partial charge in [0.2, 0.25) is 0 Å². The lowest BCUT2D eigenvalue weighted by Crippen LogP contribution is -2.18. The van der Waals surface area contributed by atoms with Gasteiger partial charge in [0, 0.05) is 12.5 Å². The zero-order valence-corrected chi connectivity index (χ0v) is 6.73. The van der Waals surface area contributed by atoms with Crippen molar-refractivity contribution in [1.82, 2.24) is 15.2 Å². The standard InChI is InChI=1S/C7H12N4O/c8-3-5-1-2-12-6(5)7-9-4-10-11-7/h4-6H,1-3,8H2,(H,9,10,11)/t5-,6-/m0/s1. The van der Waals surface area contributed by atoms with Gasteiger partial charge < -0.3 is 10.5 Å². The molecule has 0 radical (unpaired) electrons. The van der Waals surface area contributed by atoms with Gasteiger partial charge in [0.05, 0.1) is 0 Å². The summed E-state index contributed by atoms with van der Waals surface area (Å²) < 4.78 is 5.49. The SMILES string of the molecule is NC[C@@H]1CCO[C@@H]1c1ncn[nH]1. The van der Waals surface area contributed by atoms with Crippen molar-refractivity contribution in [2.75, 3.05) is 13.2 Å². The topological polar surface area (TPSA) is 76.8 Å². The highest BCUT2D eigenvalue weighted by Crippen LogP contribution is 2.31. The molecule has 5 heteroatoms. The van der Waals surface area contributed by atoms with Crippen LogP contribution in [0.15, 0.2) is 6.33 Å². The van der Waals surface area contributed by atoms with E-state index in [9.17, 15) is 0 Å². The van der Waals surface area contributed by atoms with E-state index in [-0.39, 0.29) is 6.10 Å². The Hall–Kier alpha value is -0.940. The first-order chi connectivity index (χ1) is 5.92. The van der Waals surface area contributed by atoms with E-state index < -0.39 is 0 Å². The van der Waals surface area contributed by atoms with E-state index in [2.05, 4.69) is 15.2 Å². The van der Waals surface area contributed by atoms with Crippen LogP contribution in [0.2, 0.25) is 0 Å². The van der Waals surface area contributed by atoms with Gasteiger partial charge in [-0.15, -0.1) is 0 Å². The van der Waals surface area contributed by atoms with Crippen molar-refractivity contribution in [2.24, 2.45) is 11.7 Å². The van der Waals surface area contributed by atoms with Gasteiger partial charge in [0.25, 0.3) is 0 Å². The lowest BCUT2D eigenvalue weighted by atomic mass is 10.0. The first-order valence-corrected chi connectivity index (χ1v) is 4.08. The maximum atomic E-state index is 5.59. The van der Waals surface area contributed by atoms with Gasteiger partial charge >= 0.3 is 0 Å². The summed E-state index contributed by atoms with van der Waals surface area (Å²) in [4.78, 5) is 4.05. The van der Waals surface area contributed by atoms with E-state index in [4.69, 9.17) is 10.5 Å². The lowest BCUT2D eigenvalue weighted by molar-refractivity contribution is 0.0856. The van der Waals surface area contributed by atoms with E-state index in [0.717, 1.165) is 18.9 Å². The molecule has 5 nitrogen and oxygen atoms in total. The molecule has 66 valence electrons. The molecule has 0 spiro atoms. The Balaban J connectivity index is 2.13. The summed E-state index contributed by atoms with van der Waals surface area (Å²) in [6, 6.07) is 0. The average molecular weight is 168 g/mol. The average Bonchev–Trinajstić information content (AvgIpc) is 2.74. The molecule has 1 fully saturated rings. The maximum Gasteiger partial charge on any atom is 0.153 e. The normalized spacial score (nSPS) is 29.4. The van der Waals surface area contributed by atoms with Crippen molar-refractivity contribution in [2.45, 2.75) is 12.5 Å². The Morgan fingerprint density at radius 2 is 2.67 bits per heavy atom. The molecule has 1 aromatic rings. The Morgan fingerprint density at radius 3 is 3.33 bits per heavy atom. The van der Waals surface area contributed by atoms with E-state index in [1.54, 1.807) is 0 Å². The van der Waals surface area contributed by atoms with Crippen LogP contribution in [-0.4, -0.2) is 28.3 Å². The summed E-state index contributed by atoms with van der Waals surface area (Å²) in [5.74, 6) is 1.18. The predicted octanol–water partition coefficient (Wildman–Crippen LogP) is -0.159. The third-order valence-corrected chi connectivity index (χ3v) is 2.22. The van der Waals surface area contributed by atoms with Crippen LogP contribution in [0.5, 0.6) is 0 Å². The Kier molecular flexibility index (Phi) is 2.05. The molecule has 0 amide bonds. The lowest BCUT2D eigenvalue weighted by Gasteiger charge is -2.12. The fourth-order valence-electron chi connectivity index (χ4n) is 1.53. The summed E-state index contributed by atoms with van der Waals surface area (Å²) in [6.45, 7) is 1.42. The molecule has 0 unspecified atom stereocenters. The summed E-state index contributed by atoms with van der Waals surface area (Å²) in [5.41, 5.74) is 5.59. The molecular formula is C7H12N4O. The van der Waals surface area contributed by atoms with Gasteiger partial charge in [-0.3, -0.25) is 5.10 Å². The van der Waals surface area contributed by atoms with Crippen molar-refractivity contribution < 1.29 is 4.74 Å². The maximum absolute atomic E-state index is 5.59. The zero-order chi connectivity index (χ0) is 8.39. The van der Waals surface area contributed by atoms with Crippen molar-refractivity contribution in [3.8, 4) is 0 Å². The molecule has 1 saturated heterocycles. The molecule has 1 aromatic heterocycles.